The minimum absolute atomic E-state index is 0.209. The Morgan fingerprint density at radius 2 is 1.87 bits per heavy atom. The third kappa shape index (κ3) is 5.43. The Morgan fingerprint density at radius 3 is 2.53 bits per heavy atom. The number of allylic oxidation sites excluding steroid dienone is 1. The number of thiazole rings is 1. The fraction of sp³-hybridized carbons (Fsp3) is 0.276. The summed E-state index contributed by atoms with van der Waals surface area (Å²) in [5.74, 6) is 1.36. The lowest BCUT2D eigenvalue weighted by atomic mass is 9.96. The number of carbonyl (C=O) groups is 1. The molecular formula is C29H30N2O6S. The Kier molecular flexibility index (Phi) is 8.48. The first-order valence-electron chi connectivity index (χ1n) is 12.3. The minimum atomic E-state index is -0.698. The van der Waals surface area contributed by atoms with Gasteiger partial charge in [-0.15, -0.1) is 0 Å². The molecule has 0 amide bonds. The van der Waals surface area contributed by atoms with Crippen LogP contribution in [0.3, 0.4) is 0 Å². The number of nitrogens with zero attached hydrogens (tertiary/aromatic N) is 2. The van der Waals surface area contributed by atoms with Gasteiger partial charge in [-0.1, -0.05) is 42.2 Å². The van der Waals surface area contributed by atoms with Gasteiger partial charge in [-0.25, -0.2) is 9.79 Å². The lowest BCUT2D eigenvalue weighted by Crippen LogP contribution is -2.39. The monoisotopic (exact) mass is 534 g/mol. The van der Waals surface area contributed by atoms with Gasteiger partial charge in [0, 0.05) is 0 Å². The van der Waals surface area contributed by atoms with Crippen molar-refractivity contribution in [3.63, 3.8) is 0 Å². The lowest BCUT2D eigenvalue weighted by Gasteiger charge is -2.24. The predicted molar refractivity (Wildman–Crippen MR) is 147 cm³/mol. The molecule has 0 saturated carbocycles. The molecule has 0 unspecified atom stereocenters. The van der Waals surface area contributed by atoms with E-state index in [2.05, 4.69) is 11.6 Å². The van der Waals surface area contributed by atoms with Gasteiger partial charge >= 0.3 is 5.97 Å². The summed E-state index contributed by atoms with van der Waals surface area (Å²) in [6, 6.07) is 12.1. The summed E-state index contributed by atoms with van der Waals surface area (Å²) in [5, 5.41) is 0. The van der Waals surface area contributed by atoms with Crippen molar-refractivity contribution < 1.29 is 23.7 Å². The Balaban J connectivity index is 1.86. The van der Waals surface area contributed by atoms with E-state index >= 15 is 0 Å². The average molecular weight is 535 g/mol. The molecule has 1 atom stereocenters. The molecule has 0 fully saturated rings. The first-order chi connectivity index (χ1) is 18.4. The van der Waals surface area contributed by atoms with E-state index < -0.39 is 12.0 Å². The van der Waals surface area contributed by atoms with Gasteiger partial charge in [0.1, 0.15) is 12.4 Å². The number of carbonyl (C=O) groups excluding carboxylic acids is 1. The van der Waals surface area contributed by atoms with E-state index in [0.29, 0.717) is 51.1 Å². The van der Waals surface area contributed by atoms with Gasteiger partial charge in [0.15, 0.2) is 16.3 Å². The van der Waals surface area contributed by atoms with E-state index in [4.69, 9.17) is 18.9 Å². The molecule has 0 saturated heterocycles. The summed E-state index contributed by atoms with van der Waals surface area (Å²) in [6.45, 7) is 10.1. The number of ether oxygens (including phenoxy) is 4. The van der Waals surface area contributed by atoms with Gasteiger partial charge in [-0.3, -0.25) is 9.36 Å². The molecule has 8 nitrogen and oxygen atoms in total. The molecule has 1 aromatic heterocycles. The smallest absolute Gasteiger partial charge is 0.338 e. The van der Waals surface area contributed by atoms with Gasteiger partial charge < -0.3 is 18.9 Å². The molecular weight excluding hydrogens is 504 g/mol. The van der Waals surface area contributed by atoms with Crippen LogP contribution < -0.4 is 29.1 Å². The highest BCUT2D eigenvalue weighted by atomic mass is 32.1. The van der Waals surface area contributed by atoms with Crippen LogP contribution in [0.4, 0.5) is 0 Å². The first kappa shape index (κ1) is 26.9. The number of hydrogen-bond donors (Lipinski definition) is 0. The molecule has 0 bridgehead atoms. The normalized spacial score (nSPS) is 14.9. The van der Waals surface area contributed by atoms with E-state index in [-0.39, 0.29) is 12.2 Å². The van der Waals surface area contributed by atoms with Crippen LogP contribution in [-0.2, 0) is 9.53 Å². The molecule has 0 aliphatic carbocycles. The van der Waals surface area contributed by atoms with Crippen LogP contribution >= 0.6 is 11.3 Å². The Hall–Kier alpha value is -4.11. The summed E-state index contributed by atoms with van der Waals surface area (Å²) < 4.78 is 24.1. The average Bonchev–Trinajstić information content (AvgIpc) is 3.21. The van der Waals surface area contributed by atoms with E-state index in [0.717, 1.165) is 11.1 Å². The van der Waals surface area contributed by atoms with Crippen molar-refractivity contribution in [2.45, 2.75) is 26.8 Å². The van der Waals surface area contributed by atoms with Crippen molar-refractivity contribution in [1.29, 1.82) is 0 Å². The zero-order chi connectivity index (χ0) is 27.2. The number of aromatic nitrogens is 1. The standard InChI is InChI=1S/C29H30N2O6S/c1-6-15-37-21-12-10-20(11-13-21)26-25(28(33)36-8-3)18(4)30-29-31(26)27(32)24(38-29)17-19-9-14-22(34-5)23(16-19)35-7-2/h6,9-14,16-17,26H,1,7-8,15H2,2-5H3/b24-17-/t26-/m0/s1. The molecule has 3 aromatic rings. The van der Waals surface area contributed by atoms with Crippen LogP contribution in [0.2, 0.25) is 0 Å². The second kappa shape index (κ2) is 12.0. The van der Waals surface area contributed by atoms with Gasteiger partial charge in [-0.05, 0) is 62.2 Å². The fourth-order valence-electron chi connectivity index (χ4n) is 4.21. The Morgan fingerprint density at radius 1 is 1.11 bits per heavy atom. The number of methoxy groups -OCH3 is 1. The summed E-state index contributed by atoms with van der Waals surface area (Å²) in [5.41, 5.74) is 2.10. The van der Waals surface area contributed by atoms with Crippen molar-refractivity contribution in [2.24, 2.45) is 4.99 Å². The summed E-state index contributed by atoms with van der Waals surface area (Å²) in [7, 11) is 1.58. The van der Waals surface area contributed by atoms with E-state index in [9.17, 15) is 9.59 Å². The predicted octanol–water partition coefficient (Wildman–Crippen LogP) is 3.77. The van der Waals surface area contributed by atoms with Gasteiger partial charge in [0.25, 0.3) is 5.56 Å². The highest BCUT2D eigenvalue weighted by Gasteiger charge is 2.33. The van der Waals surface area contributed by atoms with E-state index in [1.165, 1.54) is 11.3 Å². The summed E-state index contributed by atoms with van der Waals surface area (Å²) in [6.07, 6.45) is 3.45. The molecule has 1 aliphatic rings. The van der Waals surface area contributed by atoms with E-state index in [1.54, 1.807) is 55.9 Å². The molecule has 198 valence electrons. The molecule has 9 heteroatoms. The zero-order valence-corrected chi connectivity index (χ0v) is 22.7. The Labute approximate surface area is 224 Å². The largest absolute Gasteiger partial charge is 0.493 e. The quantitative estimate of drug-likeness (QED) is 0.291. The van der Waals surface area contributed by atoms with Crippen LogP contribution in [-0.4, -0.2) is 37.5 Å². The number of benzene rings is 2. The molecule has 0 radical (unpaired) electrons. The maximum absolute atomic E-state index is 13.8. The number of fused-ring (bicyclic) bond motifs is 1. The van der Waals surface area contributed by atoms with Crippen LogP contribution in [0.1, 0.15) is 37.9 Å². The van der Waals surface area contributed by atoms with Gasteiger partial charge in [0.2, 0.25) is 0 Å². The topological polar surface area (TPSA) is 88.4 Å². The second-order valence-electron chi connectivity index (χ2n) is 8.31. The zero-order valence-electron chi connectivity index (χ0n) is 21.9. The second-order valence-corrected chi connectivity index (χ2v) is 9.32. The van der Waals surface area contributed by atoms with Gasteiger partial charge in [0.05, 0.1) is 42.2 Å². The van der Waals surface area contributed by atoms with Crippen molar-refractivity contribution in [1.82, 2.24) is 4.57 Å². The van der Waals surface area contributed by atoms with Crippen LogP contribution in [0.25, 0.3) is 6.08 Å². The molecule has 38 heavy (non-hydrogen) atoms. The van der Waals surface area contributed by atoms with Crippen LogP contribution in [0.5, 0.6) is 17.2 Å². The number of esters is 1. The molecule has 0 spiro atoms. The fourth-order valence-corrected chi connectivity index (χ4v) is 5.26. The van der Waals surface area contributed by atoms with E-state index in [1.807, 2.05) is 31.2 Å². The lowest BCUT2D eigenvalue weighted by molar-refractivity contribution is -0.139. The SMILES string of the molecule is C=CCOc1ccc([C@H]2C(C(=O)OCC)=C(C)N=c3s/c(=C\c4ccc(OC)c(OCC)c4)c(=O)n32)cc1. The number of hydrogen-bond acceptors (Lipinski definition) is 8. The molecule has 2 heterocycles. The highest BCUT2D eigenvalue weighted by Crippen LogP contribution is 2.32. The molecule has 4 rings (SSSR count). The maximum atomic E-state index is 13.8. The van der Waals surface area contributed by atoms with Crippen LogP contribution in [0.15, 0.2) is 76.2 Å². The third-order valence-electron chi connectivity index (χ3n) is 5.87. The van der Waals surface area contributed by atoms with Crippen molar-refractivity contribution in [3.05, 3.63) is 97.2 Å². The third-order valence-corrected chi connectivity index (χ3v) is 6.85. The summed E-state index contributed by atoms with van der Waals surface area (Å²) in [4.78, 5) is 32.0. The highest BCUT2D eigenvalue weighted by molar-refractivity contribution is 7.07. The Bertz CT molecular complexity index is 1550. The van der Waals surface area contributed by atoms with Crippen molar-refractivity contribution in [2.75, 3.05) is 26.9 Å². The minimum Gasteiger partial charge on any atom is -0.493 e. The summed E-state index contributed by atoms with van der Waals surface area (Å²) >= 11 is 1.26. The maximum Gasteiger partial charge on any atom is 0.338 e. The van der Waals surface area contributed by atoms with Crippen molar-refractivity contribution in [3.8, 4) is 17.2 Å². The molecule has 0 N–H and O–H groups in total. The molecule has 2 aromatic carbocycles. The van der Waals surface area contributed by atoms with Crippen LogP contribution in [0, 0.1) is 0 Å². The first-order valence-corrected chi connectivity index (χ1v) is 13.1. The number of rotatable bonds is 10. The van der Waals surface area contributed by atoms with Crippen molar-refractivity contribution >= 4 is 23.4 Å². The molecule has 1 aliphatic heterocycles. The van der Waals surface area contributed by atoms with Gasteiger partial charge in [-0.2, -0.15) is 0 Å².